The summed E-state index contributed by atoms with van der Waals surface area (Å²) >= 11 is 3.53. The standard InChI is InChI=1S/C38H37BrFN3O5S/c1-47-31-13-8-26(9-14-31)22-42(23-27-10-15-32(48-2)16-11-27)49(45,46)37-17-12-28(18-34(37)40)24-43-35(29-4-3-5-30(39)20-29)21-33(38(41)44)36(43)19-25-6-7-25/h3-5,8-18,20-21,25H,6-7,19,22-24H2,1-2H3,(H2,41,44). The molecule has 0 saturated heterocycles. The van der Waals surface area contributed by atoms with E-state index in [1.54, 1.807) is 74.9 Å². The first-order valence-corrected chi connectivity index (χ1v) is 18.1. The molecule has 49 heavy (non-hydrogen) atoms. The van der Waals surface area contributed by atoms with E-state index in [-0.39, 0.29) is 19.6 Å². The molecule has 5 aromatic rings. The van der Waals surface area contributed by atoms with Gasteiger partial charge in [-0.2, -0.15) is 4.31 Å². The molecule has 1 aliphatic rings. The Morgan fingerprint density at radius 1 is 0.878 bits per heavy atom. The van der Waals surface area contributed by atoms with Gasteiger partial charge < -0.3 is 19.8 Å². The van der Waals surface area contributed by atoms with Crippen LogP contribution in [-0.4, -0.2) is 37.4 Å². The van der Waals surface area contributed by atoms with Crippen LogP contribution in [0.3, 0.4) is 0 Å². The van der Waals surface area contributed by atoms with Gasteiger partial charge in [0, 0.05) is 35.5 Å². The topological polar surface area (TPSA) is 104 Å². The summed E-state index contributed by atoms with van der Waals surface area (Å²) in [5.41, 5.74) is 10.7. The molecule has 254 valence electrons. The number of amides is 1. The third-order valence-electron chi connectivity index (χ3n) is 8.76. The minimum atomic E-state index is -4.31. The van der Waals surface area contributed by atoms with Gasteiger partial charge in [-0.25, -0.2) is 12.8 Å². The van der Waals surface area contributed by atoms with Crippen molar-refractivity contribution in [2.24, 2.45) is 11.7 Å². The minimum Gasteiger partial charge on any atom is -0.497 e. The Hall–Kier alpha value is -4.45. The van der Waals surface area contributed by atoms with Crippen molar-refractivity contribution in [1.29, 1.82) is 0 Å². The van der Waals surface area contributed by atoms with Gasteiger partial charge in [-0.15, -0.1) is 0 Å². The van der Waals surface area contributed by atoms with Crippen LogP contribution in [0.25, 0.3) is 11.3 Å². The predicted molar refractivity (Wildman–Crippen MR) is 190 cm³/mol. The molecule has 8 nitrogen and oxygen atoms in total. The number of primary amides is 1. The molecular weight excluding hydrogens is 709 g/mol. The Labute approximate surface area is 294 Å². The highest BCUT2D eigenvalue weighted by atomic mass is 79.9. The first-order valence-electron chi connectivity index (χ1n) is 15.9. The van der Waals surface area contributed by atoms with E-state index in [2.05, 4.69) is 15.9 Å². The van der Waals surface area contributed by atoms with E-state index >= 15 is 4.39 Å². The van der Waals surface area contributed by atoms with Gasteiger partial charge in [-0.3, -0.25) is 4.79 Å². The van der Waals surface area contributed by atoms with E-state index < -0.39 is 26.6 Å². The van der Waals surface area contributed by atoms with E-state index in [0.717, 1.165) is 45.4 Å². The number of aromatic nitrogens is 1. The molecule has 1 aliphatic carbocycles. The zero-order valence-corrected chi connectivity index (χ0v) is 29.6. The normalized spacial score (nSPS) is 13.1. The molecule has 0 spiro atoms. The Balaban J connectivity index is 1.35. The number of hydrogen-bond acceptors (Lipinski definition) is 5. The molecule has 6 rings (SSSR count). The lowest BCUT2D eigenvalue weighted by Gasteiger charge is -2.23. The quantitative estimate of drug-likeness (QED) is 0.126. The van der Waals surface area contributed by atoms with Crippen molar-refractivity contribution < 1.29 is 27.1 Å². The molecule has 2 N–H and O–H groups in total. The molecule has 1 aromatic heterocycles. The lowest BCUT2D eigenvalue weighted by molar-refractivity contribution is 0.0999. The fourth-order valence-electron chi connectivity index (χ4n) is 5.95. The highest BCUT2D eigenvalue weighted by Crippen LogP contribution is 2.37. The maximum Gasteiger partial charge on any atom is 0.250 e. The largest absolute Gasteiger partial charge is 0.497 e. The van der Waals surface area contributed by atoms with Crippen LogP contribution in [0.4, 0.5) is 4.39 Å². The Bertz CT molecular complexity index is 2030. The third kappa shape index (κ3) is 7.90. The second-order valence-electron chi connectivity index (χ2n) is 12.2. The van der Waals surface area contributed by atoms with Crippen molar-refractivity contribution in [3.8, 4) is 22.8 Å². The molecule has 1 saturated carbocycles. The maximum absolute atomic E-state index is 16.1. The van der Waals surface area contributed by atoms with Crippen LogP contribution >= 0.6 is 15.9 Å². The molecule has 4 aromatic carbocycles. The summed E-state index contributed by atoms with van der Waals surface area (Å²) in [6.07, 6.45) is 2.81. The Morgan fingerprint density at radius 2 is 1.47 bits per heavy atom. The summed E-state index contributed by atoms with van der Waals surface area (Å²) in [6.45, 7) is 0.245. The van der Waals surface area contributed by atoms with E-state index in [1.165, 1.54) is 16.4 Å². The predicted octanol–water partition coefficient (Wildman–Crippen LogP) is 7.56. The SMILES string of the molecule is COc1ccc(CN(Cc2ccc(OC)cc2)S(=O)(=O)c2ccc(Cn3c(-c4cccc(Br)c4)cc(C(N)=O)c3CC3CC3)cc2F)cc1. The number of ether oxygens (including phenoxy) is 2. The smallest absolute Gasteiger partial charge is 0.250 e. The van der Waals surface area contributed by atoms with Crippen LogP contribution in [0.15, 0.2) is 106 Å². The van der Waals surface area contributed by atoms with Crippen LogP contribution in [0.5, 0.6) is 11.5 Å². The van der Waals surface area contributed by atoms with Crippen molar-refractivity contribution >= 4 is 31.9 Å². The number of hydrogen-bond donors (Lipinski definition) is 1. The lowest BCUT2D eigenvalue weighted by Crippen LogP contribution is -2.31. The number of sulfonamides is 1. The number of halogens is 2. The Morgan fingerprint density at radius 3 is 1.98 bits per heavy atom. The highest BCUT2D eigenvalue weighted by Gasteiger charge is 2.30. The zero-order valence-electron chi connectivity index (χ0n) is 27.2. The fourth-order valence-corrected chi connectivity index (χ4v) is 7.81. The summed E-state index contributed by atoms with van der Waals surface area (Å²) in [5.74, 6) is 0.357. The number of carbonyl (C=O) groups excluding carboxylic acids is 1. The van der Waals surface area contributed by atoms with Gasteiger partial charge in [0.05, 0.1) is 19.8 Å². The molecule has 1 amide bonds. The van der Waals surface area contributed by atoms with Crippen molar-refractivity contribution in [3.63, 3.8) is 0 Å². The van der Waals surface area contributed by atoms with Crippen LogP contribution in [0.1, 0.15) is 45.6 Å². The average molecular weight is 747 g/mol. The molecule has 0 aliphatic heterocycles. The Kier molecular flexibility index (Phi) is 10.2. The van der Waals surface area contributed by atoms with E-state index in [1.807, 2.05) is 28.8 Å². The second kappa shape index (κ2) is 14.6. The molecule has 0 unspecified atom stereocenters. The van der Waals surface area contributed by atoms with Crippen LogP contribution in [0, 0.1) is 11.7 Å². The zero-order chi connectivity index (χ0) is 34.7. The second-order valence-corrected chi connectivity index (χ2v) is 15.1. The number of benzene rings is 4. The molecule has 0 radical (unpaired) electrons. The van der Waals surface area contributed by atoms with Crippen molar-refractivity contribution in [2.45, 2.75) is 43.8 Å². The maximum atomic E-state index is 16.1. The first kappa shape index (κ1) is 34.4. The van der Waals surface area contributed by atoms with E-state index in [9.17, 15) is 13.2 Å². The van der Waals surface area contributed by atoms with Gasteiger partial charge in [0.25, 0.3) is 5.91 Å². The summed E-state index contributed by atoms with van der Waals surface area (Å²) in [6, 6.07) is 27.9. The molecule has 1 fully saturated rings. The van der Waals surface area contributed by atoms with Gasteiger partial charge in [-0.1, -0.05) is 58.4 Å². The number of nitrogens with two attached hydrogens (primary N) is 1. The summed E-state index contributed by atoms with van der Waals surface area (Å²) < 4.78 is 59.1. The average Bonchev–Trinajstić information content (AvgIpc) is 3.84. The van der Waals surface area contributed by atoms with Gasteiger partial charge in [0.2, 0.25) is 10.0 Å². The molecule has 0 atom stereocenters. The number of methoxy groups -OCH3 is 2. The first-order chi connectivity index (χ1) is 23.5. The van der Waals surface area contributed by atoms with Gasteiger partial charge in [0.1, 0.15) is 22.2 Å². The van der Waals surface area contributed by atoms with E-state index in [4.69, 9.17) is 15.2 Å². The third-order valence-corrected chi connectivity index (χ3v) is 11.1. The van der Waals surface area contributed by atoms with Gasteiger partial charge in [-0.05, 0) is 102 Å². The molecule has 1 heterocycles. The van der Waals surface area contributed by atoms with Crippen molar-refractivity contribution in [3.05, 3.63) is 135 Å². The minimum absolute atomic E-state index is 0.0132. The summed E-state index contributed by atoms with van der Waals surface area (Å²) in [7, 11) is -1.19. The molecular formula is C38H37BrFN3O5S. The summed E-state index contributed by atoms with van der Waals surface area (Å²) in [5, 5.41) is 0. The highest BCUT2D eigenvalue weighted by molar-refractivity contribution is 9.10. The van der Waals surface area contributed by atoms with E-state index in [0.29, 0.717) is 35.0 Å². The molecule has 11 heteroatoms. The van der Waals surface area contributed by atoms with Gasteiger partial charge in [0.15, 0.2) is 0 Å². The van der Waals surface area contributed by atoms with Gasteiger partial charge >= 0.3 is 0 Å². The number of carbonyl (C=O) groups is 1. The van der Waals surface area contributed by atoms with Crippen LogP contribution in [0.2, 0.25) is 0 Å². The van der Waals surface area contributed by atoms with Crippen LogP contribution < -0.4 is 15.2 Å². The monoisotopic (exact) mass is 745 g/mol. The number of rotatable bonds is 14. The van der Waals surface area contributed by atoms with Crippen molar-refractivity contribution in [1.82, 2.24) is 8.87 Å². The molecule has 0 bridgehead atoms. The van der Waals surface area contributed by atoms with Crippen LogP contribution in [-0.2, 0) is 36.1 Å². The lowest BCUT2D eigenvalue weighted by atomic mass is 10.1. The summed E-state index contributed by atoms with van der Waals surface area (Å²) in [4.78, 5) is 12.2. The fraction of sp³-hybridized carbons (Fsp3) is 0.237. The number of nitrogens with zero attached hydrogens (tertiary/aromatic N) is 2. The van der Waals surface area contributed by atoms with Crippen molar-refractivity contribution in [2.75, 3.05) is 14.2 Å².